The minimum Gasteiger partial charge on any atom is -0.350 e. The Hall–Kier alpha value is -2.61. The van der Waals surface area contributed by atoms with Crippen molar-refractivity contribution in [2.75, 3.05) is 24.5 Å². The van der Waals surface area contributed by atoms with Crippen molar-refractivity contribution in [1.29, 1.82) is 0 Å². The Morgan fingerprint density at radius 1 is 1.17 bits per heavy atom. The zero-order valence-corrected chi connectivity index (χ0v) is 13.9. The first kappa shape index (κ1) is 14.9. The quantitative estimate of drug-likeness (QED) is 0.709. The van der Waals surface area contributed by atoms with Crippen LogP contribution in [0.3, 0.4) is 0 Å². The fraction of sp³-hybridized carbons (Fsp3) is 0.438. The zero-order valence-electron chi connectivity index (χ0n) is 13.9. The van der Waals surface area contributed by atoms with Gasteiger partial charge in [-0.25, -0.2) is 0 Å². The lowest BCUT2D eigenvalue weighted by Crippen LogP contribution is -2.52. The molecule has 3 aromatic rings. The second-order valence-corrected chi connectivity index (χ2v) is 6.25. The Morgan fingerprint density at radius 2 is 2.08 bits per heavy atom. The summed E-state index contributed by atoms with van der Waals surface area (Å²) in [6, 6.07) is 4.34. The summed E-state index contributed by atoms with van der Waals surface area (Å²) in [6.45, 7) is 7.89. The third kappa shape index (κ3) is 2.92. The summed E-state index contributed by atoms with van der Waals surface area (Å²) < 4.78 is 1.72. The van der Waals surface area contributed by atoms with Crippen molar-refractivity contribution < 1.29 is 0 Å². The number of piperazine rings is 1. The molecule has 3 aromatic heterocycles. The van der Waals surface area contributed by atoms with Gasteiger partial charge in [0.05, 0.1) is 11.4 Å². The molecule has 0 unspecified atom stereocenters. The van der Waals surface area contributed by atoms with E-state index in [2.05, 4.69) is 42.0 Å². The summed E-state index contributed by atoms with van der Waals surface area (Å²) in [5, 5.41) is 12.5. The highest BCUT2D eigenvalue weighted by atomic mass is 15.4. The van der Waals surface area contributed by atoms with Crippen LogP contribution >= 0.6 is 0 Å². The topological polar surface area (TPSA) is 75.3 Å². The highest BCUT2D eigenvalue weighted by Crippen LogP contribution is 2.19. The molecule has 1 aliphatic rings. The standard InChI is InChI=1S/C16H20N8/c1-12-7-18-14(8-17-12)10-22-5-6-23(13(2)9-22)16-4-3-15-20-19-11-24(15)21-16/h3-4,7-8,11,13H,5-6,9-10H2,1-2H3/t13-/m1/s1. The first-order valence-electron chi connectivity index (χ1n) is 8.12. The molecule has 1 atom stereocenters. The largest absolute Gasteiger partial charge is 0.350 e. The van der Waals surface area contributed by atoms with E-state index in [1.54, 1.807) is 10.8 Å². The van der Waals surface area contributed by atoms with Crippen molar-refractivity contribution in [1.82, 2.24) is 34.7 Å². The van der Waals surface area contributed by atoms with Gasteiger partial charge >= 0.3 is 0 Å². The molecule has 0 aromatic carbocycles. The van der Waals surface area contributed by atoms with Crippen molar-refractivity contribution in [3.8, 4) is 0 Å². The first-order chi connectivity index (χ1) is 11.7. The Labute approximate surface area is 140 Å². The number of fused-ring (bicyclic) bond motifs is 1. The van der Waals surface area contributed by atoms with Crippen LogP contribution in [0.1, 0.15) is 18.3 Å². The molecule has 1 saturated heterocycles. The first-order valence-corrected chi connectivity index (χ1v) is 8.12. The average Bonchev–Trinajstić information content (AvgIpc) is 3.05. The van der Waals surface area contributed by atoms with Crippen LogP contribution in [0.2, 0.25) is 0 Å². The van der Waals surface area contributed by atoms with Crippen molar-refractivity contribution in [3.63, 3.8) is 0 Å². The van der Waals surface area contributed by atoms with E-state index in [0.29, 0.717) is 6.04 Å². The van der Waals surface area contributed by atoms with E-state index in [9.17, 15) is 0 Å². The molecule has 0 radical (unpaired) electrons. The van der Waals surface area contributed by atoms with E-state index in [1.807, 2.05) is 31.5 Å². The van der Waals surface area contributed by atoms with Gasteiger partial charge < -0.3 is 4.90 Å². The van der Waals surface area contributed by atoms with E-state index in [-0.39, 0.29) is 0 Å². The molecule has 8 heteroatoms. The molecular weight excluding hydrogens is 304 g/mol. The fourth-order valence-corrected chi connectivity index (χ4v) is 3.12. The number of hydrogen-bond donors (Lipinski definition) is 0. The van der Waals surface area contributed by atoms with Crippen LogP contribution in [0.5, 0.6) is 0 Å². The van der Waals surface area contributed by atoms with Gasteiger partial charge in [-0.05, 0) is 26.0 Å². The molecule has 0 spiro atoms. The van der Waals surface area contributed by atoms with Gasteiger partial charge in [-0.3, -0.25) is 14.9 Å². The van der Waals surface area contributed by atoms with Gasteiger partial charge in [0.25, 0.3) is 0 Å². The van der Waals surface area contributed by atoms with Gasteiger partial charge in [-0.2, -0.15) is 4.52 Å². The zero-order chi connectivity index (χ0) is 16.5. The Balaban J connectivity index is 1.44. The maximum atomic E-state index is 4.60. The SMILES string of the molecule is Cc1cnc(CN2CCN(c3ccc4nncn4n3)[C@H](C)C2)cn1. The van der Waals surface area contributed by atoms with Crippen LogP contribution in [-0.2, 0) is 6.54 Å². The lowest BCUT2D eigenvalue weighted by atomic mass is 10.2. The lowest BCUT2D eigenvalue weighted by Gasteiger charge is -2.40. The van der Waals surface area contributed by atoms with Crippen LogP contribution in [-0.4, -0.2) is 60.4 Å². The summed E-state index contributed by atoms with van der Waals surface area (Å²) in [6.07, 6.45) is 5.33. The van der Waals surface area contributed by atoms with E-state index in [1.165, 1.54) is 0 Å². The molecule has 124 valence electrons. The molecule has 1 fully saturated rings. The predicted molar refractivity (Wildman–Crippen MR) is 89.6 cm³/mol. The highest BCUT2D eigenvalue weighted by Gasteiger charge is 2.25. The van der Waals surface area contributed by atoms with Crippen LogP contribution in [0.25, 0.3) is 5.65 Å². The molecule has 4 rings (SSSR count). The Morgan fingerprint density at radius 3 is 2.88 bits per heavy atom. The molecule has 4 heterocycles. The Kier molecular flexibility index (Phi) is 3.81. The molecule has 8 nitrogen and oxygen atoms in total. The maximum Gasteiger partial charge on any atom is 0.177 e. The number of rotatable bonds is 3. The lowest BCUT2D eigenvalue weighted by molar-refractivity contribution is 0.217. The number of hydrogen-bond acceptors (Lipinski definition) is 7. The predicted octanol–water partition coefficient (Wildman–Crippen LogP) is 0.933. The normalized spacial score (nSPS) is 19.1. The number of aromatic nitrogens is 6. The minimum absolute atomic E-state index is 0.374. The maximum absolute atomic E-state index is 4.60. The van der Waals surface area contributed by atoms with Gasteiger partial charge in [0.15, 0.2) is 5.65 Å². The van der Waals surface area contributed by atoms with Crippen molar-refractivity contribution >= 4 is 11.5 Å². The van der Waals surface area contributed by atoms with Crippen molar-refractivity contribution in [3.05, 3.63) is 42.2 Å². The molecule has 0 N–H and O–H groups in total. The molecular formula is C16H20N8. The second kappa shape index (κ2) is 6.12. The minimum atomic E-state index is 0.374. The molecule has 1 aliphatic heterocycles. The average molecular weight is 324 g/mol. The monoisotopic (exact) mass is 324 g/mol. The van der Waals surface area contributed by atoms with Crippen molar-refractivity contribution in [2.24, 2.45) is 0 Å². The fourth-order valence-electron chi connectivity index (χ4n) is 3.12. The summed E-state index contributed by atoms with van der Waals surface area (Å²) in [5.41, 5.74) is 2.74. The number of aryl methyl sites for hydroxylation is 1. The van der Waals surface area contributed by atoms with Gasteiger partial charge in [-0.15, -0.1) is 15.3 Å². The van der Waals surface area contributed by atoms with Gasteiger partial charge in [-0.1, -0.05) is 0 Å². The summed E-state index contributed by atoms with van der Waals surface area (Å²) in [4.78, 5) is 13.5. The third-order valence-electron chi connectivity index (χ3n) is 4.37. The smallest absolute Gasteiger partial charge is 0.177 e. The summed E-state index contributed by atoms with van der Waals surface area (Å²) in [7, 11) is 0. The van der Waals surface area contributed by atoms with Gasteiger partial charge in [0, 0.05) is 44.6 Å². The Bertz CT molecular complexity index is 827. The van der Waals surface area contributed by atoms with Crippen molar-refractivity contribution in [2.45, 2.75) is 26.4 Å². The molecule has 0 aliphatic carbocycles. The van der Waals surface area contributed by atoms with E-state index >= 15 is 0 Å². The molecule has 0 amide bonds. The van der Waals surface area contributed by atoms with Crippen LogP contribution in [0, 0.1) is 6.92 Å². The second-order valence-electron chi connectivity index (χ2n) is 6.25. The number of nitrogens with zero attached hydrogens (tertiary/aromatic N) is 8. The number of anilines is 1. The van der Waals surface area contributed by atoms with Crippen LogP contribution < -0.4 is 4.90 Å². The molecule has 24 heavy (non-hydrogen) atoms. The molecule has 0 saturated carbocycles. The van der Waals surface area contributed by atoms with E-state index in [0.717, 1.165) is 49.0 Å². The highest BCUT2D eigenvalue weighted by molar-refractivity contribution is 5.46. The van der Waals surface area contributed by atoms with Crippen LogP contribution in [0.4, 0.5) is 5.82 Å². The summed E-state index contributed by atoms with van der Waals surface area (Å²) in [5.74, 6) is 0.963. The van der Waals surface area contributed by atoms with E-state index in [4.69, 9.17) is 0 Å². The van der Waals surface area contributed by atoms with Gasteiger partial charge in [0.1, 0.15) is 12.1 Å². The molecule has 0 bridgehead atoms. The van der Waals surface area contributed by atoms with Crippen LogP contribution in [0.15, 0.2) is 30.9 Å². The van der Waals surface area contributed by atoms with Gasteiger partial charge in [0.2, 0.25) is 0 Å². The third-order valence-corrected chi connectivity index (χ3v) is 4.37. The van der Waals surface area contributed by atoms with E-state index < -0.39 is 0 Å². The summed E-state index contributed by atoms with van der Waals surface area (Å²) >= 11 is 0.